The lowest BCUT2D eigenvalue weighted by Crippen LogP contribution is -2.30. The molecule has 0 heterocycles. The Morgan fingerprint density at radius 2 is 1.87 bits per heavy atom. The highest BCUT2D eigenvalue weighted by molar-refractivity contribution is 8.00. The number of carbonyl (C=O) groups is 1. The highest BCUT2D eigenvalue weighted by atomic mass is 32.2. The fourth-order valence-electron chi connectivity index (χ4n) is 1.13. The molecular formula is C9H18O5S. The summed E-state index contributed by atoms with van der Waals surface area (Å²) in [5.41, 5.74) is -0.859. The summed E-state index contributed by atoms with van der Waals surface area (Å²) in [5, 5.41) is -1.58. The van der Waals surface area contributed by atoms with Crippen molar-refractivity contribution >= 4 is 15.4 Å². The molecule has 1 N–H and O–H groups in total. The van der Waals surface area contributed by atoms with Gasteiger partial charge in [0.1, 0.15) is 5.60 Å². The monoisotopic (exact) mass is 238 g/mol. The number of unbranched alkanes of at least 4 members (excludes halogenated alkanes) is 2. The third-order valence-corrected chi connectivity index (χ3v) is 2.46. The van der Waals surface area contributed by atoms with Gasteiger partial charge in [-0.15, -0.1) is 0 Å². The molecule has 6 heteroatoms. The van der Waals surface area contributed by atoms with Gasteiger partial charge in [0.25, 0.3) is 0 Å². The molecule has 0 aliphatic heterocycles. The average Bonchev–Trinajstić information content (AvgIpc) is 2.01. The van der Waals surface area contributed by atoms with Crippen LogP contribution in [0.5, 0.6) is 0 Å². The minimum absolute atomic E-state index is 0.572. The normalized spacial score (nSPS) is 12.5. The number of rotatable bonds is 5. The van der Waals surface area contributed by atoms with E-state index in [4.69, 9.17) is 4.55 Å². The van der Waals surface area contributed by atoms with E-state index in [1.807, 2.05) is 6.92 Å². The molecule has 0 aliphatic rings. The summed E-state index contributed by atoms with van der Waals surface area (Å²) in [7, 11) is -4.73. The zero-order valence-electron chi connectivity index (χ0n) is 9.32. The maximum absolute atomic E-state index is 10.9. The standard InChI is InChI=1S/C9H18O5S/c1-4-5-6-7-9(2,3)14-8(10)15(11,12)13/h4-7H2,1-3H3,(H,11,12,13). The van der Waals surface area contributed by atoms with Crippen LogP contribution in [0.2, 0.25) is 0 Å². The van der Waals surface area contributed by atoms with Crippen molar-refractivity contribution in [2.24, 2.45) is 0 Å². The number of ether oxygens (including phenoxy) is 1. The van der Waals surface area contributed by atoms with Gasteiger partial charge in [-0.1, -0.05) is 19.8 Å². The molecule has 0 rings (SSSR count). The second-order valence-electron chi connectivity index (χ2n) is 4.04. The van der Waals surface area contributed by atoms with Gasteiger partial charge < -0.3 is 4.74 Å². The van der Waals surface area contributed by atoms with Crippen LogP contribution in [0, 0.1) is 0 Å². The van der Waals surface area contributed by atoms with Crippen LogP contribution < -0.4 is 0 Å². The zero-order chi connectivity index (χ0) is 12.1. The summed E-state index contributed by atoms with van der Waals surface area (Å²) in [4.78, 5) is 10.9. The fraction of sp³-hybridized carbons (Fsp3) is 0.889. The molecular weight excluding hydrogens is 220 g/mol. The van der Waals surface area contributed by atoms with E-state index in [2.05, 4.69) is 4.74 Å². The quantitative estimate of drug-likeness (QED) is 0.452. The Hall–Kier alpha value is -0.620. The molecule has 0 unspecified atom stereocenters. The Labute approximate surface area is 90.6 Å². The van der Waals surface area contributed by atoms with Crippen LogP contribution in [-0.2, 0) is 14.9 Å². The molecule has 5 nitrogen and oxygen atoms in total. The van der Waals surface area contributed by atoms with Crippen molar-refractivity contribution in [1.82, 2.24) is 0 Å². The van der Waals surface area contributed by atoms with Crippen LogP contribution in [-0.4, -0.2) is 23.9 Å². The van der Waals surface area contributed by atoms with Crippen LogP contribution in [0.15, 0.2) is 0 Å². The molecule has 15 heavy (non-hydrogen) atoms. The molecule has 0 saturated heterocycles. The average molecular weight is 238 g/mol. The van der Waals surface area contributed by atoms with Gasteiger partial charge >= 0.3 is 15.4 Å². The molecule has 0 fully saturated rings. The summed E-state index contributed by atoms with van der Waals surface area (Å²) < 4.78 is 33.9. The zero-order valence-corrected chi connectivity index (χ0v) is 10.1. The minimum Gasteiger partial charge on any atom is -0.446 e. The molecule has 0 atom stereocenters. The van der Waals surface area contributed by atoms with Gasteiger partial charge in [0.15, 0.2) is 0 Å². The SMILES string of the molecule is CCCCCC(C)(C)OC(=O)S(=O)(=O)O. The topological polar surface area (TPSA) is 80.7 Å². The van der Waals surface area contributed by atoms with Crippen molar-refractivity contribution in [3.05, 3.63) is 0 Å². The van der Waals surface area contributed by atoms with Crippen molar-refractivity contribution in [2.75, 3.05) is 0 Å². The number of carbonyl (C=O) groups excluding carboxylic acids is 1. The molecule has 0 aromatic carbocycles. The smallest absolute Gasteiger partial charge is 0.446 e. The molecule has 0 radical (unpaired) electrons. The predicted octanol–water partition coefficient (Wildman–Crippen LogP) is 2.37. The molecule has 0 spiro atoms. The second-order valence-corrected chi connectivity index (χ2v) is 5.33. The first-order valence-electron chi connectivity index (χ1n) is 4.89. The van der Waals surface area contributed by atoms with E-state index in [1.165, 1.54) is 0 Å². The van der Waals surface area contributed by atoms with E-state index >= 15 is 0 Å². The molecule has 0 aromatic rings. The lowest BCUT2D eigenvalue weighted by molar-refractivity contribution is 0.0465. The van der Waals surface area contributed by atoms with Crippen molar-refractivity contribution < 1.29 is 22.5 Å². The molecule has 0 aliphatic carbocycles. The van der Waals surface area contributed by atoms with Gasteiger partial charge in [-0.25, -0.2) is 4.79 Å². The number of hydrogen-bond acceptors (Lipinski definition) is 4. The first kappa shape index (κ1) is 14.4. The Kier molecular flexibility index (Phi) is 5.23. The van der Waals surface area contributed by atoms with Crippen molar-refractivity contribution in [3.63, 3.8) is 0 Å². The Bertz CT molecular complexity index is 304. The van der Waals surface area contributed by atoms with Crippen LogP contribution in [0.1, 0.15) is 46.5 Å². The van der Waals surface area contributed by atoms with E-state index in [-0.39, 0.29) is 0 Å². The van der Waals surface area contributed by atoms with E-state index in [9.17, 15) is 13.2 Å². The van der Waals surface area contributed by atoms with E-state index < -0.39 is 21.0 Å². The summed E-state index contributed by atoms with van der Waals surface area (Å²) in [6.07, 6.45) is 3.44. The maximum Gasteiger partial charge on any atom is 0.452 e. The Balaban J connectivity index is 4.20. The molecule has 0 aromatic heterocycles. The summed E-state index contributed by atoms with van der Waals surface area (Å²) in [6, 6.07) is 0. The van der Waals surface area contributed by atoms with Gasteiger partial charge in [0.2, 0.25) is 0 Å². The van der Waals surface area contributed by atoms with E-state index in [1.54, 1.807) is 13.8 Å². The third-order valence-electron chi connectivity index (χ3n) is 1.95. The van der Waals surface area contributed by atoms with E-state index in [0.717, 1.165) is 19.3 Å². The molecule has 90 valence electrons. The van der Waals surface area contributed by atoms with Crippen LogP contribution >= 0.6 is 0 Å². The fourth-order valence-corrected chi connectivity index (χ4v) is 1.46. The summed E-state index contributed by atoms with van der Waals surface area (Å²) in [6.45, 7) is 5.27. The lowest BCUT2D eigenvalue weighted by Gasteiger charge is -2.23. The van der Waals surface area contributed by atoms with Crippen LogP contribution in [0.3, 0.4) is 0 Å². The third kappa shape index (κ3) is 6.46. The van der Waals surface area contributed by atoms with Gasteiger partial charge in [-0.2, -0.15) is 8.42 Å². The molecule has 0 bridgehead atoms. The Morgan fingerprint density at radius 1 is 1.33 bits per heavy atom. The van der Waals surface area contributed by atoms with Gasteiger partial charge in [-0.3, -0.25) is 4.55 Å². The van der Waals surface area contributed by atoms with Gasteiger partial charge in [-0.05, 0) is 26.7 Å². The van der Waals surface area contributed by atoms with Gasteiger partial charge in [0, 0.05) is 0 Å². The largest absolute Gasteiger partial charge is 0.452 e. The minimum atomic E-state index is -4.73. The van der Waals surface area contributed by atoms with Crippen molar-refractivity contribution in [3.8, 4) is 0 Å². The molecule has 0 amide bonds. The van der Waals surface area contributed by atoms with Crippen molar-refractivity contribution in [1.29, 1.82) is 0 Å². The van der Waals surface area contributed by atoms with Crippen molar-refractivity contribution in [2.45, 2.75) is 52.1 Å². The first-order valence-corrected chi connectivity index (χ1v) is 6.33. The highest BCUT2D eigenvalue weighted by Gasteiger charge is 2.29. The van der Waals surface area contributed by atoms with Gasteiger partial charge in [0.05, 0.1) is 0 Å². The maximum atomic E-state index is 10.9. The second kappa shape index (κ2) is 5.46. The van der Waals surface area contributed by atoms with Crippen LogP contribution in [0.4, 0.5) is 4.79 Å². The highest BCUT2D eigenvalue weighted by Crippen LogP contribution is 2.19. The summed E-state index contributed by atoms with van der Waals surface area (Å²) >= 11 is 0. The summed E-state index contributed by atoms with van der Waals surface area (Å²) in [5.74, 6) is 0. The number of hydrogen-bond donors (Lipinski definition) is 1. The first-order chi connectivity index (χ1) is 6.69. The predicted molar refractivity (Wildman–Crippen MR) is 56.3 cm³/mol. The van der Waals surface area contributed by atoms with Crippen LogP contribution in [0.25, 0.3) is 0 Å². The molecule has 0 saturated carbocycles. The van der Waals surface area contributed by atoms with E-state index in [0.29, 0.717) is 6.42 Å². The Morgan fingerprint density at radius 3 is 2.27 bits per heavy atom. The lowest BCUT2D eigenvalue weighted by atomic mass is 10.0.